The zero-order chi connectivity index (χ0) is 12.3. The van der Waals surface area contributed by atoms with E-state index in [9.17, 15) is 0 Å². The number of anilines is 1. The summed E-state index contributed by atoms with van der Waals surface area (Å²) in [5, 5.41) is 0.727. The van der Waals surface area contributed by atoms with Crippen molar-refractivity contribution in [2.24, 2.45) is 0 Å². The minimum atomic E-state index is 0.727. The maximum atomic E-state index is 5.95. The van der Waals surface area contributed by atoms with Gasteiger partial charge in [-0.1, -0.05) is 27.5 Å². The Morgan fingerprint density at radius 3 is 2.53 bits per heavy atom. The summed E-state index contributed by atoms with van der Waals surface area (Å²) in [6, 6.07) is 13.8. The highest BCUT2D eigenvalue weighted by Crippen LogP contribution is 2.28. The Balaban J connectivity index is 2.07. The Morgan fingerprint density at radius 1 is 1.12 bits per heavy atom. The molecule has 2 aromatic rings. The van der Waals surface area contributed by atoms with Crippen LogP contribution in [-0.4, -0.2) is 0 Å². The van der Waals surface area contributed by atoms with Crippen molar-refractivity contribution in [2.75, 3.05) is 5.73 Å². The Kier molecular flexibility index (Phi) is 4.37. The van der Waals surface area contributed by atoms with E-state index in [0.717, 1.165) is 26.5 Å². The van der Waals surface area contributed by atoms with Gasteiger partial charge in [-0.2, -0.15) is 0 Å². The van der Waals surface area contributed by atoms with Crippen LogP contribution in [0.25, 0.3) is 0 Å². The molecule has 0 aromatic heterocycles. The molecule has 0 radical (unpaired) electrons. The van der Waals surface area contributed by atoms with Crippen LogP contribution in [0.1, 0.15) is 5.56 Å². The molecule has 0 aliphatic rings. The van der Waals surface area contributed by atoms with Gasteiger partial charge in [-0.05, 0) is 48.0 Å². The normalized spacial score (nSPS) is 10.5. The number of nitrogens with two attached hydrogens (primary N) is 1. The van der Waals surface area contributed by atoms with Crippen LogP contribution in [0.15, 0.2) is 51.8 Å². The summed E-state index contributed by atoms with van der Waals surface area (Å²) in [4.78, 5) is 1.22. The molecule has 0 saturated carbocycles. The van der Waals surface area contributed by atoms with Gasteiger partial charge in [0.05, 0.1) is 0 Å². The third-order valence-corrected chi connectivity index (χ3v) is 4.14. The summed E-state index contributed by atoms with van der Waals surface area (Å²) < 4.78 is 1.09. The highest BCUT2D eigenvalue weighted by atomic mass is 79.9. The van der Waals surface area contributed by atoms with Crippen molar-refractivity contribution in [3.05, 3.63) is 57.5 Å². The molecule has 17 heavy (non-hydrogen) atoms. The maximum Gasteiger partial charge on any atom is 0.0410 e. The molecule has 2 rings (SSSR count). The van der Waals surface area contributed by atoms with E-state index in [0.29, 0.717) is 0 Å². The summed E-state index contributed by atoms with van der Waals surface area (Å²) >= 11 is 11.1. The molecule has 0 bridgehead atoms. The second-order valence-electron chi connectivity index (χ2n) is 3.59. The fourth-order valence-electron chi connectivity index (χ4n) is 1.39. The highest BCUT2D eigenvalue weighted by Gasteiger charge is 2.02. The van der Waals surface area contributed by atoms with Gasteiger partial charge in [-0.25, -0.2) is 0 Å². The molecule has 4 heteroatoms. The molecule has 0 heterocycles. The van der Waals surface area contributed by atoms with Crippen LogP contribution in [0.3, 0.4) is 0 Å². The molecule has 0 spiro atoms. The zero-order valence-electron chi connectivity index (χ0n) is 8.99. The van der Waals surface area contributed by atoms with Gasteiger partial charge >= 0.3 is 0 Å². The molecule has 0 unspecified atom stereocenters. The number of thioether (sulfide) groups is 1. The van der Waals surface area contributed by atoms with Gasteiger partial charge in [0.25, 0.3) is 0 Å². The van der Waals surface area contributed by atoms with Crippen molar-refractivity contribution < 1.29 is 0 Å². The maximum absolute atomic E-state index is 5.95. The summed E-state index contributed by atoms with van der Waals surface area (Å²) in [5.74, 6) is 0.827. The summed E-state index contributed by atoms with van der Waals surface area (Å²) in [7, 11) is 0. The van der Waals surface area contributed by atoms with Gasteiger partial charge in [0.15, 0.2) is 0 Å². The van der Waals surface area contributed by atoms with Crippen molar-refractivity contribution in [3.8, 4) is 0 Å². The average molecular weight is 329 g/mol. The highest BCUT2D eigenvalue weighted by molar-refractivity contribution is 9.10. The topological polar surface area (TPSA) is 26.0 Å². The minimum Gasteiger partial charge on any atom is -0.398 e. The first-order valence-electron chi connectivity index (χ1n) is 5.07. The lowest BCUT2D eigenvalue weighted by atomic mass is 10.2. The molecular weight excluding hydrogens is 318 g/mol. The van der Waals surface area contributed by atoms with Crippen LogP contribution in [0, 0.1) is 0 Å². The first kappa shape index (κ1) is 12.8. The van der Waals surface area contributed by atoms with Gasteiger partial charge in [-0.3, -0.25) is 0 Å². The predicted octanol–water partition coefficient (Wildman–Crippen LogP) is 4.98. The molecule has 0 aliphatic heterocycles. The molecule has 0 saturated heterocycles. The van der Waals surface area contributed by atoms with Crippen molar-refractivity contribution in [3.63, 3.8) is 0 Å². The van der Waals surface area contributed by atoms with Crippen molar-refractivity contribution >= 4 is 45.0 Å². The Hall–Kier alpha value is -0.640. The lowest BCUT2D eigenvalue weighted by Gasteiger charge is -2.06. The summed E-state index contributed by atoms with van der Waals surface area (Å²) in [6.07, 6.45) is 0. The van der Waals surface area contributed by atoms with Crippen LogP contribution in [0.2, 0.25) is 5.02 Å². The largest absolute Gasteiger partial charge is 0.398 e. The summed E-state index contributed by atoms with van der Waals surface area (Å²) in [5.41, 5.74) is 7.76. The molecule has 0 amide bonds. The van der Waals surface area contributed by atoms with Gasteiger partial charge in [-0.15, -0.1) is 11.8 Å². The second-order valence-corrected chi connectivity index (χ2v) is 5.99. The van der Waals surface area contributed by atoms with Crippen molar-refractivity contribution in [1.29, 1.82) is 0 Å². The van der Waals surface area contributed by atoms with Gasteiger partial charge in [0, 0.05) is 25.8 Å². The second kappa shape index (κ2) is 5.80. The monoisotopic (exact) mass is 327 g/mol. The molecule has 2 N–H and O–H groups in total. The summed E-state index contributed by atoms with van der Waals surface area (Å²) in [6.45, 7) is 0. The number of rotatable bonds is 3. The first-order valence-corrected chi connectivity index (χ1v) is 7.23. The van der Waals surface area contributed by atoms with E-state index in [2.05, 4.69) is 28.1 Å². The lowest BCUT2D eigenvalue weighted by molar-refractivity contribution is 1.38. The average Bonchev–Trinajstić information content (AvgIpc) is 2.32. The number of nitrogen functional groups attached to an aromatic ring is 1. The molecule has 1 nitrogen and oxygen atoms in total. The van der Waals surface area contributed by atoms with Gasteiger partial charge < -0.3 is 5.73 Å². The van der Waals surface area contributed by atoms with Crippen LogP contribution < -0.4 is 5.73 Å². The Morgan fingerprint density at radius 2 is 1.82 bits per heavy atom. The minimum absolute atomic E-state index is 0.727. The zero-order valence-corrected chi connectivity index (χ0v) is 12.1. The van der Waals surface area contributed by atoms with E-state index < -0.39 is 0 Å². The van der Waals surface area contributed by atoms with Crippen molar-refractivity contribution in [1.82, 2.24) is 0 Å². The molecular formula is C13H11BrClNS. The fraction of sp³-hybridized carbons (Fsp3) is 0.0769. The molecule has 0 fully saturated rings. The van der Waals surface area contributed by atoms with E-state index in [1.807, 2.05) is 30.3 Å². The van der Waals surface area contributed by atoms with Crippen LogP contribution >= 0.6 is 39.3 Å². The number of hydrogen-bond acceptors (Lipinski definition) is 2. The van der Waals surface area contributed by atoms with Crippen molar-refractivity contribution in [2.45, 2.75) is 10.6 Å². The SMILES string of the molecule is Nc1ccc(Cl)cc1CSc1ccc(Br)cc1. The first-order chi connectivity index (χ1) is 8.15. The van der Waals surface area contributed by atoms with E-state index in [4.69, 9.17) is 17.3 Å². The van der Waals surface area contributed by atoms with E-state index >= 15 is 0 Å². The van der Waals surface area contributed by atoms with E-state index in [1.54, 1.807) is 11.8 Å². The van der Waals surface area contributed by atoms with Crippen LogP contribution in [0.4, 0.5) is 5.69 Å². The van der Waals surface area contributed by atoms with Gasteiger partial charge in [0.1, 0.15) is 0 Å². The number of benzene rings is 2. The molecule has 0 aliphatic carbocycles. The number of halogens is 2. The predicted molar refractivity (Wildman–Crippen MR) is 79.6 cm³/mol. The fourth-order valence-corrected chi connectivity index (χ4v) is 2.75. The van der Waals surface area contributed by atoms with Gasteiger partial charge in [0.2, 0.25) is 0 Å². The quantitative estimate of drug-likeness (QED) is 0.635. The van der Waals surface area contributed by atoms with Crippen LogP contribution in [0.5, 0.6) is 0 Å². The standard InChI is InChI=1S/C13H11BrClNS/c14-10-1-4-12(5-2-10)17-8-9-7-11(15)3-6-13(9)16/h1-7H,8,16H2. The lowest BCUT2D eigenvalue weighted by Crippen LogP contribution is -1.92. The third kappa shape index (κ3) is 3.66. The smallest absolute Gasteiger partial charge is 0.0410 e. The number of hydrogen-bond donors (Lipinski definition) is 1. The van der Waals surface area contributed by atoms with E-state index in [-0.39, 0.29) is 0 Å². The molecule has 88 valence electrons. The molecule has 2 aromatic carbocycles. The third-order valence-electron chi connectivity index (χ3n) is 2.31. The Labute approximate surface area is 118 Å². The Bertz CT molecular complexity index is 513. The van der Waals surface area contributed by atoms with E-state index in [1.165, 1.54) is 4.90 Å². The van der Waals surface area contributed by atoms with Crippen LogP contribution in [-0.2, 0) is 5.75 Å². The molecule has 0 atom stereocenters.